The number of aryl methyl sites for hydroxylation is 1. The first-order valence-electron chi connectivity index (χ1n) is 6.93. The molecule has 0 amide bonds. The summed E-state index contributed by atoms with van der Waals surface area (Å²) < 4.78 is 6.48. The van der Waals surface area contributed by atoms with E-state index in [1.807, 2.05) is 48.5 Å². The third-order valence-electron chi connectivity index (χ3n) is 3.57. The summed E-state index contributed by atoms with van der Waals surface area (Å²) in [4.78, 5) is 13.5. The van der Waals surface area contributed by atoms with E-state index in [9.17, 15) is 4.79 Å². The van der Waals surface area contributed by atoms with Crippen LogP contribution in [0.4, 0.5) is 0 Å². The Bertz CT molecular complexity index is 769. The molecular formula is C18H16O2S. The summed E-state index contributed by atoms with van der Waals surface area (Å²) >= 11 is 1.53. The number of ether oxygens (including phenoxy) is 1. The monoisotopic (exact) mass is 296 g/mol. The summed E-state index contributed by atoms with van der Waals surface area (Å²) in [5.74, 6) is 0.665. The maximum absolute atomic E-state index is 12.8. The van der Waals surface area contributed by atoms with Crippen LogP contribution in [0.25, 0.3) is 10.1 Å². The second-order valence-corrected chi connectivity index (χ2v) is 5.95. The van der Waals surface area contributed by atoms with Crippen molar-refractivity contribution in [1.29, 1.82) is 0 Å². The second kappa shape index (κ2) is 5.70. The van der Waals surface area contributed by atoms with Crippen LogP contribution in [0.3, 0.4) is 0 Å². The Morgan fingerprint density at radius 1 is 1.14 bits per heavy atom. The minimum Gasteiger partial charge on any atom is -0.496 e. The highest BCUT2D eigenvalue weighted by atomic mass is 32.1. The number of rotatable bonds is 4. The quantitative estimate of drug-likeness (QED) is 0.652. The normalized spacial score (nSPS) is 10.8. The molecule has 0 fully saturated rings. The molecule has 2 nitrogen and oxygen atoms in total. The zero-order valence-electron chi connectivity index (χ0n) is 12.1. The first kappa shape index (κ1) is 13.8. The topological polar surface area (TPSA) is 26.3 Å². The Kier molecular flexibility index (Phi) is 3.76. The third-order valence-corrected chi connectivity index (χ3v) is 4.68. The molecule has 0 saturated carbocycles. The van der Waals surface area contributed by atoms with Crippen LogP contribution in [0, 0.1) is 0 Å². The SMILES string of the molecule is CCc1ccc(OC)c(C(=O)c2cc3ccccc3s2)c1. The lowest BCUT2D eigenvalue weighted by molar-refractivity contribution is 0.103. The van der Waals surface area contributed by atoms with E-state index in [-0.39, 0.29) is 5.78 Å². The lowest BCUT2D eigenvalue weighted by Gasteiger charge is -2.08. The van der Waals surface area contributed by atoms with E-state index in [0.29, 0.717) is 11.3 Å². The van der Waals surface area contributed by atoms with Gasteiger partial charge in [-0.15, -0.1) is 11.3 Å². The number of carbonyl (C=O) groups is 1. The number of hydrogen-bond donors (Lipinski definition) is 0. The molecule has 0 spiro atoms. The molecule has 3 rings (SSSR count). The number of methoxy groups -OCH3 is 1. The van der Waals surface area contributed by atoms with Gasteiger partial charge in [0.05, 0.1) is 17.6 Å². The van der Waals surface area contributed by atoms with Crippen LogP contribution in [0.15, 0.2) is 48.5 Å². The molecule has 0 saturated heterocycles. The zero-order valence-corrected chi connectivity index (χ0v) is 12.9. The maximum Gasteiger partial charge on any atom is 0.206 e. The average molecular weight is 296 g/mol. The fraction of sp³-hybridized carbons (Fsp3) is 0.167. The van der Waals surface area contributed by atoms with Gasteiger partial charge < -0.3 is 4.74 Å². The molecule has 0 radical (unpaired) electrons. The Labute approximate surface area is 128 Å². The van der Waals surface area contributed by atoms with Gasteiger partial charge in [0, 0.05) is 4.70 Å². The van der Waals surface area contributed by atoms with Crippen molar-refractivity contribution in [2.45, 2.75) is 13.3 Å². The Hall–Kier alpha value is -2.13. The summed E-state index contributed by atoms with van der Waals surface area (Å²) in [5.41, 5.74) is 1.78. The summed E-state index contributed by atoms with van der Waals surface area (Å²) in [5, 5.41) is 1.11. The predicted molar refractivity (Wildman–Crippen MR) is 87.6 cm³/mol. The van der Waals surface area contributed by atoms with Crippen LogP contribution in [0.1, 0.15) is 27.7 Å². The van der Waals surface area contributed by atoms with Gasteiger partial charge in [-0.05, 0) is 41.6 Å². The van der Waals surface area contributed by atoms with Crippen molar-refractivity contribution in [2.75, 3.05) is 7.11 Å². The average Bonchev–Trinajstić information content (AvgIpc) is 2.97. The highest BCUT2D eigenvalue weighted by Gasteiger charge is 2.17. The molecule has 0 aliphatic rings. The van der Waals surface area contributed by atoms with Gasteiger partial charge in [0.25, 0.3) is 0 Å². The number of fused-ring (bicyclic) bond motifs is 1. The first-order chi connectivity index (χ1) is 10.2. The van der Waals surface area contributed by atoms with E-state index in [0.717, 1.165) is 26.9 Å². The van der Waals surface area contributed by atoms with Gasteiger partial charge in [0.2, 0.25) is 5.78 Å². The van der Waals surface area contributed by atoms with Crippen LogP contribution in [-0.4, -0.2) is 12.9 Å². The highest BCUT2D eigenvalue weighted by molar-refractivity contribution is 7.21. The van der Waals surface area contributed by atoms with E-state index in [1.165, 1.54) is 11.3 Å². The number of ketones is 1. The maximum atomic E-state index is 12.8. The largest absolute Gasteiger partial charge is 0.496 e. The van der Waals surface area contributed by atoms with Crippen molar-refractivity contribution in [3.63, 3.8) is 0 Å². The van der Waals surface area contributed by atoms with Gasteiger partial charge in [-0.1, -0.05) is 31.2 Å². The Morgan fingerprint density at radius 2 is 1.95 bits per heavy atom. The van der Waals surface area contributed by atoms with Crippen molar-refractivity contribution >= 4 is 27.2 Å². The lowest BCUT2D eigenvalue weighted by atomic mass is 10.0. The summed E-state index contributed by atoms with van der Waals surface area (Å²) in [6.07, 6.45) is 0.899. The van der Waals surface area contributed by atoms with Gasteiger partial charge in [-0.2, -0.15) is 0 Å². The molecular weight excluding hydrogens is 280 g/mol. The smallest absolute Gasteiger partial charge is 0.206 e. The number of thiophene rings is 1. The molecule has 0 bridgehead atoms. The van der Waals surface area contributed by atoms with Gasteiger partial charge in [0.1, 0.15) is 5.75 Å². The molecule has 3 aromatic rings. The van der Waals surface area contributed by atoms with E-state index in [2.05, 4.69) is 6.92 Å². The van der Waals surface area contributed by atoms with E-state index in [4.69, 9.17) is 4.74 Å². The predicted octanol–water partition coefficient (Wildman–Crippen LogP) is 4.70. The fourth-order valence-corrected chi connectivity index (χ4v) is 3.40. The van der Waals surface area contributed by atoms with E-state index in [1.54, 1.807) is 7.11 Å². The van der Waals surface area contributed by atoms with Crippen molar-refractivity contribution in [2.24, 2.45) is 0 Å². The van der Waals surface area contributed by atoms with Crippen molar-refractivity contribution in [1.82, 2.24) is 0 Å². The standard InChI is InChI=1S/C18H16O2S/c1-3-12-8-9-15(20-2)14(10-12)18(19)17-11-13-6-4-5-7-16(13)21-17/h4-11H,3H2,1-2H3. The first-order valence-corrected chi connectivity index (χ1v) is 7.74. The summed E-state index contributed by atoms with van der Waals surface area (Å²) in [6.45, 7) is 2.08. The van der Waals surface area contributed by atoms with Crippen molar-refractivity contribution < 1.29 is 9.53 Å². The molecule has 21 heavy (non-hydrogen) atoms. The van der Waals surface area contributed by atoms with Crippen LogP contribution < -0.4 is 4.74 Å². The molecule has 0 unspecified atom stereocenters. The molecule has 0 aliphatic heterocycles. The lowest BCUT2D eigenvalue weighted by Crippen LogP contribution is -2.03. The molecule has 0 atom stereocenters. The molecule has 1 heterocycles. The van der Waals surface area contributed by atoms with Gasteiger partial charge in [-0.3, -0.25) is 4.79 Å². The zero-order chi connectivity index (χ0) is 14.8. The minimum absolute atomic E-state index is 0.0309. The Morgan fingerprint density at radius 3 is 2.67 bits per heavy atom. The molecule has 106 valence electrons. The van der Waals surface area contributed by atoms with Crippen LogP contribution in [0.2, 0.25) is 0 Å². The van der Waals surface area contributed by atoms with Crippen LogP contribution in [0.5, 0.6) is 5.75 Å². The third kappa shape index (κ3) is 2.57. The number of hydrogen-bond acceptors (Lipinski definition) is 3. The van der Waals surface area contributed by atoms with E-state index < -0.39 is 0 Å². The Balaban J connectivity index is 2.08. The fourth-order valence-electron chi connectivity index (χ4n) is 2.38. The number of carbonyl (C=O) groups excluding carboxylic acids is 1. The number of benzene rings is 2. The molecule has 0 N–H and O–H groups in total. The van der Waals surface area contributed by atoms with Gasteiger partial charge in [-0.25, -0.2) is 0 Å². The van der Waals surface area contributed by atoms with Crippen molar-refractivity contribution in [3.05, 3.63) is 64.5 Å². The molecule has 3 heteroatoms. The van der Waals surface area contributed by atoms with Gasteiger partial charge in [0.15, 0.2) is 0 Å². The minimum atomic E-state index is 0.0309. The second-order valence-electron chi connectivity index (χ2n) is 4.87. The van der Waals surface area contributed by atoms with Crippen LogP contribution in [-0.2, 0) is 6.42 Å². The van der Waals surface area contributed by atoms with Gasteiger partial charge >= 0.3 is 0 Å². The molecule has 0 aliphatic carbocycles. The molecule has 2 aromatic carbocycles. The van der Waals surface area contributed by atoms with Crippen molar-refractivity contribution in [3.8, 4) is 5.75 Å². The van der Waals surface area contributed by atoms with Crippen LogP contribution >= 0.6 is 11.3 Å². The van der Waals surface area contributed by atoms with E-state index >= 15 is 0 Å². The summed E-state index contributed by atoms with van der Waals surface area (Å²) in [6, 6.07) is 15.8. The highest BCUT2D eigenvalue weighted by Crippen LogP contribution is 2.30. The molecule has 1 aromatic heterocycles. The summed E-state index contributed by atoms with van der Waals surface area (Å²) in [7, 11) is 1.60.